The van der Waals surface area contributed by atoms with E-state index >= 15 is 0 Å². The predicted molar refractivity (Wildman–Crippen MR) is 107 cm³/mol. The van der Waals surface area contributed by atoms with Crippen LogP contribution in [0.15, 0.2) is 0 Å². The minimum atomic E-state index is -1.45. The molecule has 170 valence electrons. The van der Waals surface area contributed by atoms with Crippen LogP contribution >= 0.6 is 12.6 Å². The van der Waals surface area contributed by atoms with Crippen LogP contribution in [0.4, 0.5) is 0 Å². The Balaban J connectivity index is 2.83. The summed E-state index contributed by atoms with van der Waals surface area (Å²) in [5.74, 6) is -4.80. The number of hydrogen-bond acceptors (Lipinski definition) is 8. The molecule has 1 saturated heterocycles. The molecule has 1 heterocycles. The highest BCUT2D eigenvalue weighted by atomic mass is 32.1. The molecule has 5 atom stereocenters. The van der Waals surface area contributed by atoms with Gasteiger partial charge in [0.15, 0.2) is 0 Å². The van der Waals surface area contributed by atoms with E-state index in [1.165, 1.54) is 11.8 Å². The molecule has 13 heteroatoms. The summed E-state index contributed by atoms with van der Waals surface area (Å²) in [6.45, 7) is 1.49. The van der Waals surface area contributed by atoms with Crippen LogP contribution < -0.4 is 16.4 Å². The Morgan fingerprint density at radius 1 is 1.20 bits per heavy atom. The van der Waals surface area contributed by atoms with Crippen LogP contribution in [0, 0.1) is 0 Å². The topological polar surface area (TPSA) is 199 Å². The minimum Gasteiger partial charge on any atom is -0.481 e. The van der Waals surface area contributed by atoms with Gasteiger partial charge in [-0.25, -0.2) is 4.79 Å². The van der Waals surface area contributed by atoms with Crippen LogP contribution in [0.5, 0.6) is 0 Å². The Kier molecular flexibility index (Phi) is 10.0. The molecule has 1 fully saturated rings. The summed E-state index contributed by atoms with van der Waals surface area (Å²) in [5.41, 5.74) is 5.75. The zero-order valence-electron chi connectivity index (χ0n) is 16.5. The molecule has 0 aromatic heterocycles. The fourth-order valence-corrected chi connectivity index (χ4v) is 3.27. The smallest absolute Gasteiger partial charge is 0.327 e. The highest BCUT2D eigenvalue weighted by Crippen LogP contribution is 2.19. The third kappa shape index (κ3) is 7.15. The lowest BCUT2D eigenvalue weighted by Crippen LogP contribution is -2.59. The van der Waals surface area contributed by atoms with Crippen LogP contribution in [0.25, 0.3) is 0 Å². The number of amides is 3. The molecular formula is C17H28N4O8S. The number of carbonyl (C=O) groups excluding carboxylic acids is 3. The van der Waals surface area contributed by atoms with E-state index in [4.69, 9.17) is 15.9 Å². The molecule has 0 radical (unpaired) electrons. The average Bonchev–Trinajstić information content (AvgIpc) is 3.16. The molecule has 12 nitrogen and oxygen atoms in total. The van der Waals surface area contributed by atoms with Gasteiger partial charge in [-0.15, -0.1) is 0 Å². The Hall–Kier alpha value is -2.38. The van der Waals surface area contributed by atoms with Gasteiger partial charge in [-0.3, -0.25) is 19.2 Å². The summed E-state index contributed by atoms with van der Waals surface area (Å²) in [4.78, 5) is 60.5. The molecule has 1 aliphatic heterocycles. The van der Waals surface area contributed by atoms with Gasteiger partial charge in [-0.05, 0) is 26.2 Å². The van der Waals surface area contributed by atoms with Crippen LogP contribution in [0.2, 0.25) is 0 Å². The van der Waals surface area contributed by atoms with Crippen LogP contribution in [0.3, 0.4) is 0 Å². The number of aliphatic hydroxyl groups is 1. The number of hydrogen-bond donors (Lipinski definition) is 7. The van der Waals surface area contributed by atoms with Crippen molar-refractivity contribution in [2.24, 2.45) is 5.73 Å². The van der Waals surface area contributed by atoms with Crippen LogP contribution in [0.1, 0.15) is 32.6 Å². The first kappa shape index (κ1) is 25.7. The Morgan fingerprint density at radius 3 is 2.33 bits per heavy atom. The molecule has 3 amide bonds. The van der Waals surface area contributed by atoms with Gasteiger partial charge in [0.25, 0.3) is 0 Å². The quantitative estimate of drug-likeness (QED) is 0.167. The molecule has 7 N–H and O–H groups in total. The van der Waals surface area contributed by atoms with Crippen LogP contribution in [-0.2, 0) is 24.0 Å². The van der Waals surface area contributed by atoms with Crippen molar-refractivity contribution in [3.05, 3.63) is 0 Å². The largest absolute Gasteiger partial charge is 0.481 e. The van der Waals surface area contributed by atoms with Gasteiger partial charge >= 0.3 is 11.9 Å². The molecule has 0 aliphatic carbocycles. The fourth-order valence-electron chi connectivity index (χ4n) is 3.02. The van der Waals surface area contributed by atoms with E-state index in [0.29, 0.717) is 12.8 Å². The second kappa shape index (κ2) is 11.7. The first-order chi connectivity index (χ1) is 14.0. The molecule has 0 saturated carbocycles. The number of rotatable bonds is 11. The fraction of sp³-hybridized carbons (Fsp3) is 0.706. The molecule has 30 heavy (non-hydrogen) atoms. The maximum absolute atomic E-state index is 12.7. The Bertz CT molecular complexity index is 674. The van der Waals surface area contributed by atoms with Crippen molar-refractivity contribution >= 4 is 42.3 Å². The number of carboxylic acids is 2. The highest BCUT2D eigenvalue weighted by molar-refractivity contribution is 7.80. The summed E-state index contributed by atoms with van der Waals surface area (Å²) in [7, 11) is 0. The number of nitrogens with two attached hydrogens (primary N) is 1. The maximum atomic E-state index is 12.7. The number of nitrogens with zero attached hydrogens (tertiary/aromatic N) is 1. The summed E-state index contributed by atoms with van der Waals surface area (Å²) >= 11 is 3.84. The van der Waals surface area contributed by atoms with E-state index in [9.17, 15) is 29.1 Å². The zero-order valence-corrected chi connectivity index (χ0v) is 17.4. The minimum absolute atomic E-state index is 0.0853. The van der Waals surface area contributed by atoms with E-state index < -0.39 is 59.9 Å². The molecule has 0 aromatic rings. The molecule has 0 aromatic carbocycles. The lowest BCUT2D eigenvalue weighted by Gasteiger charge is -2.29. The van der Waals surface area contributed by atoms with Gasteiger partial charge in [-0.1, -0.05) is 0 Å². The van der Waals surface area contributed by atoms with Crippen molar-refractivity contribution in [1.29, 1.82) is 0 Å². The molecular weight excluding hydrogens is 420 g/mol. The number of thiol groups is 1. The van der Waals surface area contributed by atoms with Crippen molar-refractivity contribution in [1.82, 2.24) is 15.5 Å². The third-order valence-electron chi connectivity index (χ3n) is 4.68. The van der Waals surface area contributed by atoms with Gasteiger partial charge < -0.3 is 36.6 Å². The Labute approximate surface area is 178 Å². The first-order valence-electron chi connectivity index (χ1n) is 9.39. The molecule has 0 spiro atoms. The molecule has 5 unspecified atom stereocenters. The average molecular weight is 448 g/mol. The highest BCUT2D eigenvalue weighted by Gasteiger charge is 2.38. The molecule has 0 bridgehead atoms. The van der Waals surface area contributed by atoms with Crippen molar-refractivity contribution in [2.45, 2.75) is 62.9 Å². The summed E-state index contributed by atoms with van der Waals surface area (Å²) < 4.78 is 0. The van der Waals surface area contributed by atoms with E-state index in [0.717, 1.165) is 0 Å². The third-order valence-corrected chi connectivity index (χ3v) is 5.05. The lowest BCUT2D eigenvalue weighted by molar-refractivity contribution is -0.143. The number of carbonyl (C=O) groups is 5. The van der Waals surface area contributed by atoms with Crippen LogP contribution in [-0.4, -0.2) is 92.4 Å². The predicted octanol–water partition coefficient (Wildman–Crippen LogP) is -2.47. The van der Waals surface area contributed by atoms with Crippen molar-refractivity contribution < 1.29 is 39.3 Å². The van der Waals surface area contributed by atoms with E-state index in [1.54, 1.807) is 0 Å². The lowest BCUT2D eigenvalue weighted by atomic mass is 10.1. The van der Waals surface area contributed by atoms with Gasteiger partial charge in [0, 0.05) is 18.7 Å². The van der Waals surface area contributed by atoms with E-state index in [2.05, 4.69) is 23.3 Å². The first-order valence-corrected chi connectivity index (χ1v) is 10.0. The number of nitrogens with one attached hydrogen (secondary N) is 2. The normalized spacial score (nSPS) is 20.0. The van der Waals surface area contributed by atoms with Gasteiger partial charge in [0.2, 0.25) is 17.7 Å². The van der Waals surface area contributed by atoms with E-state index in [1.807, 2.05) is 0 Å². The SMILES string of the molecule is CC(O)C(NC(=O)C1CCCN1C(=O)C(N)CCC(=O)O)C(=O)NC(CS)C(=O)O. The van der Waals surface area contributed by atoms with E-state index in [-0.39, 0.29) is 25.1 Å². The number of likely N-dealkylation sites (tertiary alicyclic amines) is 1. The van der Waals surface area contributed by atoms with Gasteiger partial charge in [-0.2, -0.15) is 12.6 Å². The summed E-state index contributed by atoms with van der Waals surface area (Å²) in [5, 5.41) is 32.2. The number of aliphatic carboxylic acids is 2. The van der Waals surface area contributed by atoms with Crippen molar-refractivity contribution in [3.8, 4) is 0 Å². The summed E-state index contributed by atoms with van der Waals surface area (Å²) in [6.07, 6.45) is -0.921. The monoisotopic (exact) mass is 448 g/mol. The second-order valence-corrected chi connectivity index (χ2v) is 7.40. The van der Waals surface area contributed by atoms with Crippen molar-refractivity contribution in [3.63, 3.8) is 0 Å². The van der Waals surface area contributed by atoms with Crippen molar-refractivity contribution in [2.75, 3.05) is 12.3 Å². The number of carboxylic acid groups (broad SMARTS) is 2. The standard InChI is InChI=1S/C17H28N4O8S/c1-8(22)13(15(26)19-10(7-30)17(28)29)20-14(25)11-3-2-6-21(11)16(27)9(18)4-5-12(23)24/h8-11,13,22,30H,2-7,18H2,1H3,(H,19,26)(H,20,25)(H,23,24)(H,28,29). The zero-order chi connectivity index (χ0) is 23.0. The number of aliphatic hydroxyl groups excluding tert-OH is 1. The second-order valence-electron chi connectivity index (χ2n) is 7.04. The molecule has 1 aliphatic rings. The molecule has 1 rings (SSSR count). The van der Waals surface area contributed by atoms with Gasteiger partial charge in [0.05, 0.1) is 12.1 Å². The summed E-state index contributed by atoms with van der Waals surface area (Å²) in [6, 6.07) is -4.78. The van der Waals surface area contributed by atoms with Gasteiger partial charge in [0.1, 0.15) is 18.1 Å². The maximum Gasteiger partial charge on any atom is 0.327 e. The Morgan fingerprint density at radius 2 is 1.83 bits per heavy atom.